The van der Waals surface area contributed by atoms with Crippen LogP contribution in [0.5, 0.6) is 0 Å². The number of thiophene rings is 1. The maximum atomic E-state index is 13.3. The minimum atomic E-state index is -0.111. The molecule has 5 nitrogen and oxygen atoms in total. The first-order chi connectivity index (χ1) is 15.5. The third-order valence-electron chi connectivity index (χ3n) is 5.63. The van der Waals surface area contributed by atoms with E-state index in [0.717, 1.165) is 35.3 Å². The summed E-state index contributed by atoms with van der Waals surface area (Å²) in [6.45, 7) is 4.02. The van der Waals surface area contributed by atoms with Gasteiger partial charge in [0.25, 0.3) is 5.56 Å². The number of amides is 1. The summed E-state index contributed by atoms with van der Waals surface area (Å²) in [6.07, 6.45) is 3.36. The van der Waals surface area contributed by atoms with Crippen LogP contribution in [0.2, 0.25) is 0 Å². The highest BCUT2D eigenvalue weighted by atomic mass is 32.2. The van der Waals surface area contributed by atoms with Gasteiger partial charge in [-0.1, -0.05) is 23.9 Å². The molecule has 0 fully saturated rings. The van der Waals surface area contributed by atoms with Gasteiger partial charge in [-0.25, -0.2) is 4.98 Å². The lowest BCUT2D eigenvalue weighted by Crippen LogP contribution is -2.22. The number of aryl methyl sites for hydroxylation is 4. The molecule has 0 spiro atoms. The summed E-state index contributed by atoms with van der Waals surface area (Å²) >= 11 is 2.67. The van der Waals surface area contributed by atoms with Gasteiger partial charge in [0.2, 0.25) is 5.91 Å². The van der Waals surface area contributed by atoms with Gasteiger partial charge in [-0.2, -0.15) is 0 Å². The normalized spacial score (nSPS) is 12.8. The van der Waals surface area contributed by atoms with Crippen LogP contribution in [0.25, 0.3) is 15.9 Å². The number of thioether (sulfide) groups is 1. The van der Waals surface area contributed by atoms with E-state index in [1.807, 2.05) is 43.5 Å². The van der Waals surface area contributed by atoms with E-state index < -0.39 is 0 Å². The molecule has 0 bridgehead atoms. The molecule has 0 saturated carbocycles. The van der Waals surface area contributed by atoms with Crippen molar-refractivity contribution in [1.82, 2.24) is 9.55 Å². The van der Waals surface area contributed by atoms with Crippen LogP contribution < -0.4 is 10.9 Å². The van der Waals surface area contributed by atoms with Crippen LogP contribution in [0, 0.1) is 13.8 Å². The highest BCUT2D eigenvalue weighted by molar-refractivity contribution is 7.99. The summed E-state index contributed by atoms with van der Waals surface area (Å²) in [5.74, 6) is 0.0591. The van der Waals surface area contributed by atoms with Crippen molar-refractivity contribution in [2.75, 3.05) is 11.1 Å². The Morgan fingerprint density at radius 2 is 1.88 bits per heavy atom. The topological polar surface area (TPSA) is 64.0 Å². The van der Waals surface area contributed by atoms with Gasteiger partial charge in [0.05, 0.1) is 17.0 Å². The Balaban J connectivity index is 1.43. The van der Waals surface area contributed by atoms with E-state index in [-0.39, 0.29) is 17.2 Å². The van der Waals surface area contributed by atoms with Gasteiger partial charge in [-0.3, -0.25) is 14.2 Å². The van der Waals surface area contributed by atoms with Crippen LogP contribution >= 0.6 is 23.1 Å². The van der Waals surface area contributed by atoms with E-state index >= 15 is 0 Å². The first kappa shape index (κ1) is 21.0. The second kappa shape index (κ2) is 8.56. The Morgan fingerprint density at radius 1 is 1.09 bits per heavy atom. The molecule has 0 saturated heterocycles. The second-order valence-corrected chi connectivity index (χ2v) is 10.0. The molecule has 7 heteroatoms. The maximum absolute atomic E-state index is 13.3. The van der Waals surface area contributed by atoms with E-state index in [2.05, 4.69) is 23.5 Å². The van der Waals surface area contributed by atoms with Crippen molar-refractivity contribution in [2.24, 2.45) is 0 Å². The maximum Gasteiger partial charge on any atom is 0.276 e. The van der Waals surface area contributed by atoms with Crippen LogP contribution in [-0.2, 0) is 17.6 Å². The van der Waals surface area contributed by atoms with Crippen LogP contribution in [0.4, 0.5) is 5.69 Å². The van der Waals surface area contributed by atoms with Crippen molar-refractivity contribution in [3.05, 3.63) is 80.5 Å². The Hall–Kier alpha value is -2.90. The van der Waals surface area contributed by atoms with Gasteiger partial charge >= 0.3 is 0 Å². The zero-order chi connectivity index (χ0) is 22.2. The third-order valence-corrected chi connectivity index (χ3v) is 7.46. The summed E-state index contributed by atoms with van der Waals surface area (Å²) in [4.78, 5) is 30.7. The molecule has 0 unspecified atom stereocenters. The van der Waals surface area contributed by atoms with Crippen LogP contribution in [-0.4, -0.2) is 21.2 Å². The first-order valence-corrected chi connectivity index (χ1v) is 12.5. The number of hydrogen-bond acceptors (Lipinski definition) is 5. The lowest BCUT2D eigenvalue weighted by Gasteiger charge is -2.13. The summed E-state index contributed by atoms with van der Waals surface area (Å²) in [5.41, 5.74) is 7.01. The average Bonchev–Trinajstić information content (AvgIpc) is 3.40. The van der Waals surface area contributed by atoms with Crippen LogP contribution in [0.15, 0.2) is 57.8 Å². The molecule has 1 amide bonds. The highest BCUT2D eigenvalue weighted by Gasteiger charge is 2.17. The molecule has 1 N–H and O–H groups in total. The molecule has 1 aliphatic rings. The fraction of sp³-hybridized carbons (Fsp3) is 0.240. The summed E-state index contributed by atoms with van der Waals surface area (Å²) in [7, 11) is 0. The number of aromatic nitrogens is 2. The molecule has 2 aromatic heterocycles. The fourth-order valence-corrected chi connectivity index (χ4v) is 5.85. The standard InChI is InChI=1S/C25H23N3O2S2/c1-15-10-16(2)12-20(11-15)28-24(30)23-21(8-9-31-23)27-25(28)32-14-22(29)26-19-7-6-17-4-3-5-18(17)13-19/h6-13H,3-5,14H2,1-2H3,(H,26,29). The van der Waals surface area contributed by atoms with E-state index in [1.54, 1.807) is 4.57 Å². The van der Waals surface area contributed by atoms with Gasteiger partial charge in [0, 0.05) is 5.69 Å². The van der Waals surface area contributed by atoms with Crippen molar-refractivity contribution in [3.8, 4) is 5.69 Å². The molecule has 32 heavy (non-hydrogen) atoms. The fourth-order valence-electron chi connectivity index (χ4n) is 4.27. The first-order valence-electron chi connectivity index (χ1n) is 10.6. The summed E-state index contributed by atoms with van der Waals surface area (Å²) < 4.78 is 2.25. The van der Waals surface area contributed by atoms with Gasteiger partial charge in [0.1, 0.15) is 4.70 Å². The van der Waals surface area contributed by atoms with Crippen LogP contribution in [0.3, 0.4) is 0 Å². The summed E-state index contributed by atoms with van der Waals surface area (Å²) in [6, 6.07) is 14.0. The number of fused-ring (bicyclic) bond motifs is 2. The molecular formula is C25H23N3O2S2. The number of hydrogen-bond donors (Lipinski definition) is 1. The Labute approximate surface area is 194 Å². The largest absolute Gasteiger partial charge is 0.325 e. The number of benzene rings is 2. The quantitative estimate of drug-likeness (QED) is 0.324. The molecule has 4 aromatic rings. The zero-order valence-electron chi connectivity index (χ0n) is 18.0. The minimum absolute atomic E-state index is 0.100. The molecule has 2 heterocycles. The highest BCUT2D eigenvalue weighted by Crippen LogP contribution is 2.27. The number of nitrogens with zero attached hydrogens (tertiary/aromatic N) is 2. The molecule has 1 aliphatic carbocycles. The van der Waals surface area contributed by atoms with E-state index in [9.17, 15) is 9.59 Å². The monoisotopic (exact) mass is 461 g/mol. The molecule has 5 rings (SSSR count). The van der Waals surface area contributed by atoms with Crippen molar-refractivity contribution < 1.29 is 4.79 Å². The zero-order valence-corrected chi connectivity index (χ0v) is 19.6. The molecule has 162 valence electrons. The van der Waals surface area contributed by atoms with Gasteiger partial charge in [-0.15, -0.1) is 11.3 Å². The number of carbonyl (C=O) groups is 1. The van der Waals surface area contributed by atoms with Gasteiger partial charge in [0.15, 0.2) is 5.16 Å². The predicted octanol–water partition coefficient (Wildman–Crippen LogP) is 5.28. The second-order valence-electron chi connectivity index (χ2n) is 8.19. The summed E-state index contributed by atoms with van der Waals surface area (Å²) in [5, 5.41) is 5.39. The van der Waals surface area contributed by atoms with E-state index in [4.69, 9.17) is 4.98 Å². The molecule has 0 aliphatic heterocycles. The molecule has 2 aromatic carbocycles. The predicted molar refractivity (Wildman–Crippen MR) is 133 cm³/mol. The lowest BCUT2D eigenvalue weighted by molar-refractivity contribution is -0.113. The van der Waals surface area contributed by atoms with Crippen LogP contribution in [0.1, 0.15) is 28.7 Å². The van der Waals surface area contributed by atoms with E-state index in [1.165, 1.54) is 40.6 Å². The molecule has 0 atom stereocenters. The van der Waals surface area contributed by atoms with Crippen molar-refractivity contribution in [3.63, 3.8) is 0 Å². The number of anilines is 1. The molecular weight excluding hydrogens is 438 g/mol. The van der Waals surface area contributed by atoms with Gasteiger partial charge < -0.3 is 5.32 Å². The van der Waals surface area contributed by atoms with Crippen molar-refractivity contribution in [1.29, 1.82) is 0 Å². The van der Waals surface area contributed by atoms with Gasteiger partial charge in [-0.05, 0) is 91.1 Å². The van der Waals surface area contributed by atoms with Crippen molar-refractivity contribution >= 4 is 44.9 Å². The third kappa shape index (κ3) is 4.10. The minimum Gasteiger partial charge on any atom is -0.325 e. The number of carbonyl (C=O) groups excluding carboxylic acids is 1. The Morgan fingerprint density at radius 3 is 2.69 bits per heavy atom. The average molecular weight is 462 g/mol. The number of nitrogens with one attached hydrogen (secondary N) is 1. The Kier molecular flexibility index (Phi) is 5.61. The van der Waals surface area contributed by atoms with Crippen molar-refractivity contribution in [2.45, 2.75) is 38.3 Å². The lowest BCUT2D eigenvalue weighted by atomic mass is 10.1. The smallest absolute Gasteiger partial charge is 0.276 e. The SMILES string of the molecule is Cc1cc(C)cc(-n2c(SCC(=O)Nc3ccc4c(c3)CCC4)nc3ccsc3c2=O)c1. The Bertz CT molecular complexity index is 1380. The molecule has 0 radical (unpaired) electrons. The number of rotatable bonds is 5. The van der Waals surface area contributed by atoms with E-state index in [0.29, 0.717) is 15.4 Å².